The lowest BCUT2D eigenvalue weighted by Crippen LogP contribution is -2.37. The molecular weight excluding hydrogens is 246 g/mol. The van der Waals surface area contributed by atoms with Gasteiger partial charge in [-0.05, 0) is 59.2 Å². The fourth-order valence-corrected chi connectivity index (χ4v) is 2.56. The number of hydrogen-bond donors (Lipinski definition) is 1. The minimum Gasteiger partial charge on any atom is -0.325 e. The van der Waals surface area contributed by atoms with E-state index < -0.39 is 0 Å². The fraction of sp³-hybridized carbons (Fsp3) is 0.588. The number of benzene rings is 1. The SMILES string of the molecule is Cc1ccc2c(c1)nc(CCNC(C)(C)C)n2C(C)C. The van der Waals surface area contributed by atoms with Crippen molar-refractivity contribution in [2.24, 2.45) is 0 Å². The molecule has 2 rings (SSSR count). The molecule has 0 saturated heterocycles. The molecular formula is C17H27N3. The van der Waals surface area contributed by atoms with Crippen molar-refractivity contribution in [1.82, 2.24) is 14.9 Å². The Morgan fingerprint density at radius 3 is 2.55 bits per heavy atom. The molecule has 2 aromatic rings. The Bertz CT molecular complexity index is 588. The summed E-state index contributed by atoms with van der Waals surface area (Å²) >= 11 is 0. The van der Waals surface area contributed by atoms with E-state index >= 15 is 0 Å². The maximum atomic E-state index is 4.84. The average Bonchev–Trinajstić information content (AvgIpc) is 2.64. The van der Waals surface area contributed by atoms with Crippen LogP contribution in [0, 0.1) is 6.92 Å². The first kappa shape index (κ1) is 15.0. The first-order chi connectivity index (χ1) is 9.28. The third-order valence-corrected chi connectivity index (χ3v) is 3.44. The Balaban J connectivity index is 2.30. The maximum absolute atomic E-state index is 4.84. The highest BCUT2D eigenvalue weighted by Gasteiger charge is 2.14. The summed E-state index contributed by atoms with van der Waals surface area (Å²) in [4.78, 5) is 4.84. The first-order valence-electron chi connectivity index (χ1n) is 7.50. The predicted molar refractivity (Wildman–Crippen MR) is 86.3 cm³/mol. The van der Waals surface area contributed by atoms with E-state index in [-0.39, 0.29) is 5.54 Å². The first-order valence-corrected chi connectivity index (χ1v) is 7.50. The molecule has 1 aromatic carbocycles. The number of imidazole rings is 1. The minimum absolute atomic E-state index is 0.158. The molecule has 1 aromatic heterocycles. The molecule has 0 spiro atoms. The summed E-state index contributed by atoms with van der Waals surface area (Å²) in [5.74, 6) is 1.18. The van der Waals surface area contributed by atoms with Crippen LogP contribution in [0.5, 0.6) is 0 Å². The summed E-state index contributed by atoms with van der Waals surface area (Å²) in [5, 5.41) is 3.54. The second-order valence-electron chi connectivity index (χ2n) is 6.91. The van der Waals surface area contributed by atoms with Gasteiger partial charge in [-0.1, -0.05) is 6.07 Å². The molecule has 0 aliphatic rings. The van der Waals surface area contributed by atoms with Gasteiger partial charge >= 0.3 is 0 Å². The van der Waals surface area contributed by atoms with Crippen molar-refractivity contribution in [3.63, 3.8) is 0 Å². The van der Waals surface area contributed by atoms with Crippen molar-refractivity contribution >= 4 is 11.0 Å². The molecule has 20 heavy (non-hydrogen) atoms. The van der Waals surface area contributed by atoms with Crippen LogP contribution in [0.25, 0.3) is 11.0 Å². The lowest BCUT2D eigenvalue weighted by Gasteiger charge is -2.21. The maximum Gasteiger partial charge on any atom is 0.111 e. The molecule has 0 aliphatic carbocycles. The van der Waals surface area contributed by atoms with E-state index in [1.54, 1.807) is 0 Å². The number of aromatic nitrogens is 2. The second kappa shape index (κ2) is 5.57. The number of rotatable bonds is 4. The van der Waals surface area contributed by atoms with Crippen molar-refractivity contribution in [2.45, 2.75) is 59.5 Å². The van der Waals surface area contributed by atoms with E-state index in [1.807, 2.05) is 0 Å². The van der Waals surface area contributed by atoms with Gasteiger partial charge in [0, 0.05) is 24.5 Å². The molecule has 1 N–H and O–H groups in total. The zero-order valence-electron chi connectivity index (χ0n) is 13.6. The van der Waals surface area contributed by atoms with Crippen molar-refractivity contribution in [1.29, 1.82) is 0 Å². The quantitative estimate of drug-likeness (QED) is 0.917. The topological polar surface area (TPSA) is 29.9 Å². The van der Waals surface area contributed by atoms with Gasteiger partial charge in [0.15, 0.2) is 0 Å². The normalized spacial score (nSPS) is 12.6. The number of hydrogen-bond acceptors (Lipinski definition) is 2. The number of aryl methyl sites for hydroxylation is 1. The van der Waals surface area contributed by atoms with Crippen LogP contribution in [-0.2, 0) is 6.42 Å². The van der Waals surface area contributed by atoms with Gasteiger partial charge in [-0.2, -0.15) is 0 Å². The molecule has 0 saturated carbocycles. The van der Waals surface area contributed by atoms with Crippen LogP contribution < -0.4 is 5.32 Å². The Hall–Kier alpha value is -1.35. The highest BCUT2D eigenvalue weighted by molar-refractivity contribution is 5.77. The van der Waals surface area contributed by atoms with Gasteiger partial charge in [0.05, 0.1) is 11.0 Å². The molecule has 0 atom stereocenters. The summed E-state index contributed by atoms with van der Waals surface area (Å²) in [6.45, 7) is 14.1. The van der Waals surface area contributed by atoms with Gasteiger partial charge in [0.1, 0.15) is 5.82 Å². The van der Waals surface area contributed by atoms with E-state index in [9.17, 15) is 0 Å². The monoisotopic (exact) mass is 273 g/mol. The Morgan fingerprint density at radius 2 is 1.95 bits per heavy atom. The lowest BCUT2D eigenvalue weighted by molar-refractivity contribution is 0.424. The van der Waals surface area contributed by atoms with Gasteiger partial charge in [-0.15, -0.1) is 0 Å². The molecule has 0 amide bonds. The van der Waals surface area contributed by atoms with Crippen molar-refractivity contribution in [3.05, 3.63) is 29.6 Å². The van der Waals surface area contributed by atoms with Crippen LogP contribution >= 0.6 is 0 Å². The Labute approximate surface area is 122 Å². The fourth-order valence-electron chi connectivity index (χ4n) is 2.56. The van der Waals surface area contributed by atoms with Gasteiger partial charge < -0.3 is 9.88 Å². The summed E-state index contributed by atoms with van der Waals surface area (Å²) in [7, 11) is 0. The van der Waals surface area contributed by atoms with Crippen molar-refractivity contribution in [3.8, 4) is 0 Å². The number of nitrogens with zero attached hydrogens (tertiary/aromatic N) is 2. The molecule has 1 heterocycles. The van der Waals surface area contributed by atoms with Crippen LogP contribution in [0.1, 0.15) is 52.0 Å². The lowest BCUT2D eigenvalue weighted by atomic mass is 10.1. The van der Waals surface area contributed by atoms with E-state index in [4.69, 9.17) is 4.98 Å². The summed E-state index contributed by atoms with van der Waals surface area (Å²) < 4.78 is 2.36. The Kier molecular flexibility index (Phi) is 4.19. The van der Waals surface area contributed by atoms with Gasteiger partial charge in [0.2, 0.25) is 0 Å². The smallest absolute Gasteiger partial charge is 0.111 e. The van der Waals surface area contributed by atoms with Crippen molar-refractivity contribution < 1.29 is 0 Å². The zero-order chi connectivity index (χ0) is 14.9. The molecule has 0 radical (unpaired) electrons. The van der Waals surface area contributed by atoms with Crippen molar-refractivity contribution in [2.75, 3.05) is 6.54 Å². The van der Waals surface area contributed by atoms with Crippen LogP contribution in [0.15, 0.2) is 18.2 Å². The Morgan fingerprint density at radius 1 is 1.25 bits per heavy atom. The van der Waals surface area contributed by atoms with Crippen LogP contribution in [0.2, 0.25) is 0 Å². The highest BCUT2D eigenvalue weighted by atomic mass is 15.1. The number of fused-ring (bicyclic) bond motifs is 1. The van der Waals surface area contributed by atoms with E-state index in [2.05, 4.69) is 69.6 Å². The number of nitrogens with one attached hydrogen (secondary N) is 1. The van der Waals surface area contributed by atoms with Gasteiger partial charge in [-0.3, -0.25) is 0 Å². The van der Waals surface area contributed by atoms with E-state index in [0.29, 0.717) is 6.04 Å². The standard InChI is InChI=1S/C17H27N3/c1-12(2)20-15-8-7-13(3)11-14(15)19-16(20)9-10-18-17(4,5)6/h7-8,11-12,18H,9-10H2,1-6H3. The largest absolute Gasteiger partial charge is 0.325 e. The van der Waals surface area contributed by atoms with E-state index in [1.165, 1.54) is 16.9 Å². The molecule has 110 valence electrons. The molecule has 0 aliphatic heterocycles. The highest BCUT2D eigenvalue weighted by Crippen LogP contribution is 2.22. The zero-order valence-corrected chi connectivity index (χ0v) is 13.6. The summed E-state index contributed by atoms with van der Waals surface area (Å²) in [5.41, 5.74) is 3.79. The van der Waals surface area contributed by atoms with E-state index in [0.717, 1.165) is 18.5 Å². The van der Waals surface area contributed by atoms with Gasteiger partial charge in [0.25, 0.3) is 0 Å². The molecule has 0 fully saturated rings. The second-order valence-corrected chi connectivity index (χ2v) is 6.91. The summed E-state index contributed by atoms with van der Waals surface area (Å²) in [6, 6.07) is 6.97. The molecule has 3 heteroatoms. The van der Waals surface area contributed by atoms with Gasteiger partial charge in [-0.25, -0.2) is 4.98 Å². The average molecular weight is 273 g/mol. The molecule has 0 bridgehead atoms. The molecule has 0 unspecified atom stereocenters. The summed E-state index contributed by atoms with van der Waals surface area (Å²) in [6.07, 6.45) is 0.961. The van der Waals surface area contributed by atoms with Crippen LogP contribution in [-0.4, -0.2) is 21.6 Å². The third-order valence-electron chi connectivity index (χ3n) is 3.44. The van der Waals surface area contributed by atoms with Crippen LogP contribution in [0.3, 0.4) is 0 Å². The predicted octanol–water partition coefficient (Wildman–Crippen LogP) is 3.86. The minimum atomic E-state index is 0.158. The third kappa shape index (κ3) is 3.40. The van der Waals surface area contributed by atoms with Crippen LogP contribution in [0.4, 0.5) is 0 Å². The molecule has 3 nitrogen and oxygen atoms in total.